The Morgan fingerprint density at radius 3 is 2.64 bits per heavy atom. The third kappa shape index (κ3) is 2.17. The summed E-state index contributed by atoms with van der Waals surface area (Å²) in [4.78, 5) is 2.53. The van der Waals surface area contributed by atoms with Crippen LogP contribution in [0.25, 0.3) is 0 Å². The molecule has 1 aliphatic carbocycles. The van der Waals surface area contributed by atoms with E-state index in [-0.39, 0.29) is 0 Å². The fraction of sp³-hybridized carbons (Fsp3) is 1.00. The molecule has 1 heterocycles. The van der Waals surface area contributed by atoms with Crippen molar-refractivity contribution in [3.8, 4) is 0 Å². The molecule has 2 aliphatic rings. The average molecular weight is 154 g/mol. The highest BCUT2D eigenvalue weighted by molar-refractivity contribution is 4.82. The standard InChI is InChI=1S/C9H18N2/c1-8-6-11(7-8)5-4-10-9-2-3-9/h8-10H,2-7H2,1H3. The van der Waals surface area contributed by atoms with Crippen molar-refractivity contribution in [2.24, 2.45) is 5.92 Å². The minimum Gasteiger partial charge on any atom is -0.313 e. The minimum absolute atomic E-state index is 0.883. The number of hydrogen-bond donors (Lipinski definition) is 1. The average Bonchev–Trinajstić information content (AvgIpc) is 2.67. The van der Waals surface area contributed by atoms with Crippen LogP contribution in [0.4, 0.5) is 0 Å². The molecule has 0 aromatic carbocycles. The van der Waals surface area contributed by atoms with Gasteiger partial charge in [-0.3, -0.25) is 0 Å². The van der Waals surface area contributed by atoms with Crippen molar-refractivity contribution in [1.82, 2.24) is 10.2 Å². The lowest BCUT2D eigenvalue weighted by atomic mass is 10.0. The molecule has 0 spiro atoms. The first-order valence-corrected chi connectivity index (χ1v) is 4.80. The highest BCUT2D eigenvalue weighted by Crippen LogP contribution is 2.18. The summed E-state index contributed by atoms with van der Waals surface area (Å²) in [7, 11) is 0. The van der Waals surface area contributed by atoms with Crippen LogP contribution in [0.3, 0.4) is 0 Å². The fourth-order valence-corrected chi connectivity index (χ4v) is 1.72. The van der Waals surface area contributed by atoms with E-state index in [1.165, 1.54) is 39.0 Å². The Labute approximate surface area is 69.0 Å². The van der Waals surface area contributed by atoms with Gasteiger partial charge in [0.05, 0.1) is 0 Å². The summed E-state index contributed by atoms with van der Waals surface area (Å²) in [5.41, 5.74) is 0. The predicted molar refractivity (Wildman–Crippen MR) is 46.6 cm³/mol. The van der Waals surface area contributed by atoms with E-state index in [2.05, 4.69) is 17.1 Å². The van der Waals surface area contributed by atoms with Crippen LogP contribution in [0, 0.1) is 5.92 Å². The van der Waals surface area contributed by atoms with Gasteiger partial charge in [0, 0.05) is 32.2 Å². The SMILES string of the molecule is CC1CN(CCNC2CC2)C1. The Hall–Kier alpha value is -0.0800. The van der Waals surface area contributed by atoms with Gasteiger partial charge in [-0.25, -0.2) is 0 Å². The molecule has 2 nitrogen and oxygen atoms in total. The first kappa shape index (κ1) is 7.56. The van der Waals surface area contributed by atoms with E-state index in [4.69, 9.17) is 0 Å². The summed E-state index contributed by atoms with van der Waals surface area (Å²) in [5.74, 6) is 0.955. The van der Waals surface area contributed by atoms with Gasteiger partial charge in [-0.2, -0.15) is 0 Å². The van der Waals surface area contributed by atoms with Crippen molar-refractivity contribution in [2.75, 3.05) is 26.2 Å². The molecule has 11 heavy (non-hydrogen) atoms. The maximum Gasteiger partial charge on any atom is 0.0107 e. The van der Waals surface area contributed by atoms with E-state index in [1.54, 1.807) is 0 Å². The van der Waals surface area contributed by atoms with Gasteiger partial charge in [-0.05, 0) is 18.8 Å². The topological polar surface area (TPSA) is 15.3 Å². The molecule has 0 amide bonds. The molecule has 0 radical (unpaired) electrons. The minimum atomic E-state index is 0.883. The first-order chi connectivity index (χ1) is 5.34. The van der Waals surface area contributed by atoms with Crippen molar-refractivity contribution >= 4 is 0 Å². The molecule has 0 atom stereocenters. The monoisotopic (exact) mass is 154 g/mol. The molecule has 1 aliphatic heterocycles. The van der Waals surface area contributed by atoms with Crippen molar-refractivity contribution in [2.45, 2.75) is 25.8 Å². The zero-order chi connectivity index (χ0) is 7.68. The summed E-state index contributed by atoms with van der Waals surface area (Å²) in [6, 6.07) is 0.883. The van der Waals surface area contributed by atoms with Gasteiger partial charge < -0.3 is 10.2 Å². The third-order valence-corrected chi connectivity index (χ3v) is 2.58. The highest BCUT2D eigenvalue weighted by atomic mass is 15.2. The van der Waals surface area contributed by atoms with Gasteiger partial charge in [-0.15, -0.1) is 0 Å². The second-order valence-electron chi connectivity index (χ2n) is 4.09. The molecule has 1 saturated carbocycles. The van der Waals surface area contributed by atoms with Crippen molar-refractivity contribution in [3.05, 3.63) is 0 Å². The molecule has 0 aromatic heterocycles. The number of rotatable bonds is 4. The van der Waals surface area contributed by atoms with Crippen LogP contribution in [0.2, 0.25) is 0 Å². The van der Waals surface area contributed by atoms with E-state index < -0.39 is 0 Å². The van der Waals surface area contributed by atoms with Gasteiger partial charge in [0.2, 0.25) is 0 Å². The Morgan fingerprint density at radius 1 is 1.36 bits per heavy atom. The molecule has 64 valence electrons. The lowest BCUT2D eigenvalue weighted by Crippen LogP contribution is -2.47. The Kier molecular flexibility index (Phi) is 2.14. The molecule has 2 heteroatoms. The molecule has 2 rings (SSSR count). The molecule has 1 saturated heterocycles. The van der Waals surface area contributed by atoms with Crippen molar-refractivity contribution in [3.63, 3.8) is 0 Å². The Balaban J connectivity index is 1.47. The highest BCUT2D eigenvalue weighted by Gasteiger charge is 2.23. The second kappa shape index (κ2) is 3.11. The smallest absolute Gasteiger partial charge is 0.0107 e. The van der Waals surface area contributed by atoms with Crippen LogP contribution < -0.4 is 5.32 Å². The quantitative estimate of drug-likeness (QED) is 0.641. The van der Waals surface area contributed by atoms with Gasteiger partial charge in [0.25, 0.3) is 0 Å². The fourth-order valence-electron chi connectivity index (χ4n) is 1.72. The molecule has 1 N–H and O–H groups in total. The van der Waals surface area contributed by atoms with E-state index in [0.29, 0.717) is 0 Å². The largest absolute Gasteiger partial charge is 0.313 e. The molecular weight excluding hydrogens is 136 g/mol. The summed E-state index contributed by atoms with van der Waals surface area (Å²) >= 11 is 0. The van der Waals surface area contributed by atoms with Crippen LogP contribution in [0.5, 0.6) is 0 Å². The summed E-state index contributed by atoms with van der Waals surface area (Å²) < 4.78 is 0. The lowest BCUT2D eigenvalue weighted by Gasteiger charge is -2.37. The summed E-state index contributed by atoms with van der Waals surface area (Å²) in [5, 5.41) is 3.53. The molecular formula is C9H18N2. The molecule has 0 aromatic rings. The number of nitrogens with one attached hydrogen (secondary N) is 1. The summed E-state index contributed by atoms with van der Waals surface area (Å²) in [6.07, 6.45) is 2.83. The first-order valence-electron chi connectivity index (χ1n) is 4.80. The lowest BCUT2D eigenvalue weighted by molar-refractivity contribution is 0.114. The summed E-state index contributed by atoms with van der Waals surface area (Å²) in [6.45, 7) is 7.45. The van der Waals surface area contributed by atoms with Gasteiger partial charge in [-0.1, -0.05) is 6.92 Å². The normalized spacial score (nSPS) is 27.0. The van der Waals surface area contributed by atoms with Crippen LogP contribution in [0.1, 0.15) is 19.8 Å². The second-order valence-corrected chi connectivity index (χ2v) is 4.09. The van der Waals surface area contributed by atoms with Crippen LogP contribution >= 0.6 is 0 Å². The predicted octanol–water partition coefficient (Wildman–Crippen LogP) is 0.690. The Morgan fingerprint density at radius 2 is 2.09 bits per heavy atom. The van der Waals surface area contributed by atoms with Crippen LogP contribution in [0.15, 0.2) is 0 Å². The van der Waals surface area contributed by atoms with E-state index in [1.807, 2.05) is 0 Å². The number of nitrogens with zero attached hydrogens (tertiary/aromatic N) is 1. The van der Waals surface area contributed by atoms with Crippen molar-refractivity contribution in [1.29, 1.82) is 0 Å². The molecule has 2 fully saturated rings. The number of likely N-dealkylation sites (tertiary alicyclic amines) is 1. The maximum atomic E-state index is 3.53. The van der Waals surface area contributed by atoms with Crippen LogP contribution in [-0.4, -0.2) is 37.1 Å². The van der Waals surface area contributed by atoms with Crippen molar-refractivity contribution < 1.29 is 0 Å². The molecule has 0 bridgehead atoms. The van der Waals surface area contributed by atoms with E-state index in [9.17, 15) is 0 Å². The zero-order valence-corrected chi connectivity index (χ0v) is 7.34. The third-order valence-electron chi connectivity index (χ3n) is 2.58. The van der Waals surface area contributed by atoms with Crippen LogP contribution in [-0.2, 0) is 0 Å². The van der Waals surface area contributed by atoms with Gasteiger partial charge in [0.1, 0.15) is 0 Å². The molecule has 0 unspecified atom stereocenters. The maximum absolute atomic E-state index is 3.53. The van der Waals surface area contributed by atoms with Gasteiger partial charge >= 0.3 is 0 Å². The van der Waals surface area contributed by atoms with Gasteiger partial charge in [0.15, 0.2) is 0 Å². The van der Waals surface area contributed by atoms with E-state index >= 15 is 0 Å². The van der Waals surface area contributed by atoms with E-state index in [0.717, 1.165) is 12.0 Å². The zero-order valence-electron chi connectivity index (χ0n) is 7.34. The Bertz CT molecular complexity index is 126. The number of hydrogen-bond acceptors (Lipinski definition) is 2.